The summed E-state index contributed by atoms with van der Waals surface area (Å²) in [6.45, 7) is 1.87. The number of halogens is 1. The van der Waals surface area contributed by atoms with Crippen LogP contribution in [0.2, 0.25) is 0 Å². The highest BCUT2D eigenvalue weighted by molar-refractivity contribution is 7.14. The largest absolute Gasteiger partial charge is 0.365 e. The van der Waals surface area contributed by atoms with Gasteiger partial charge in [-0.05, 0) is 36.2 Å². The van der Waals surface area contributed by atoms with E-state index in [9.17, 15) is 9.18 Å². The first-order chi connectivity index (χ1) is 8.06. The van der Waals surface area contributed by atoms with Gasteiger partial charge in [-0.1, -0.05) is 12.1 Å². The number of rotatable bonds is 3. The molecular formula is C13H12FNOS. The van der Waals surface area contributed by atoms with E-state index in [-0.39, 0.29) is 5.82 Å². The van der Waals surface area contributed by atoms with E-state index in [1.54, 1.807) is 12.1 Å². The van der Waals surface area contributed by atoms with Gasteiger partial charge in [0.25, 0.3) is 5.91 Å². The van der Waals surface area contributed by atoms with Crippen molar-refractivity contribution in [3.05, 3.63) is 57.0 Å². The molecule has 2 N–H and O–H groups in total. The molecule has 0 radical (unpaired) electrons. The van der Waals surface area contributed by atoms with Crippen LogP contribution in [0, 0.1) is 12.7 Å². The van der Waals surface area contributed by atoms with Crippen molar-refractivity contribution in [1.82, 2.24) is 0 Å². The Balaban J connectivity index is 2.22. The van der Waals surface area contributed by atoms with Crippen molar-refractivity contribution in [3.8, 4) is 0 Å². The van der Waals surface area contributed by atoms with Crippen molar-refractivity contribution >= 4 is 17.2 Å². The second-order valence-corrected chi connectivity index (χ2v) is 5.03. The summed E-state index contributed by atoms with van der Waals surface area (Å²) < 4.78 is 12.7. The van der Waals surface area contributed by atoms with Gasteiger partial charge in [0.2, 0.25) is 0 Å². The van der Waals surface area contributed by atoms with Crippen LogP contribution in [0.3, 0.4) is 0 Å². The van der Waals surface area contributed by atoms with E-state index in [0.29, 0.717) is 11.3 Å². The molecule has 2 rings (SSSR count). The van der Waals surface area contributed by atoms with E-state index in [1.807, 2.05) is 13.0 Å². The molecule has 0 aliphatic carbocycles. The molecule has 17 heavy (non-hydrogen) atoms. The summed E-state index contributed by atoms with van der Waals surface area (Å²) in [5.41, 5.74) is 7.18. The molecule has 0 spiro atoms. The highest BCUT2D eigenvalue weighted by Crippen LogP contribution is 2.23. The highest BCUT2D eigenvalue weighted by atomic mass is 32.1. The number of amides is 1. The number of benzene rings is 1. The number of primary amides is 1. The Hall–Kier alpha value is -1.68. The zero-order chi connectivity index (χ0) is 12.4. The van der Waals surface area contributed by atoms with E-state index in [2.05, 4.69) is 0 Å². The summed E-state index contributed by atoms with van der Waals surface area (Å²) in [6.07, 6.45) is 0.694. The second kappa shape index (κ2) is 4.67. The monoisotopic (exact) mass is 249 g/mol. The summed E-state index contributed by atoms with van der Waals surface area (Å²) >= 11 is 1.40. The van der Waals surface area contributed by atoms with Gasteiger partial charge >= 0.3 is 0 Å². The molecule has 1 heterocycles. The van der Waals surface area contributed by atoms with E-state index in [4.69, 9.17) is 5.73 Å². The van der Waals surface area contributed by atoms with Crippen LogP contribution in [0.5, 0.6) is 0 Å². The molecule has 4 heteroatoms. The topological polar surface area (TPSA) is 43.1 Å². The lowest BCUT2D eigenvalue weighted by atomic mass is 10.1. The molecule has 0 atom stereocenters. The highest BCUT2D eigenvalue weighted by Gasteiger charge is 2.10. The number of nitrogens with two attached hydrogens (primary N) is 1. The van der Waals surface area contributed by atoms with Gasteiger partial charge in [-0.3, -0.25) is 4.79 Å². The van der Waals surface area contributed by atoms with Crippen molar-refractivity contribution in [1.29, 1.82) is 0 Å². The first-order valence-corrected chi connectivity index (χ1v) is 6.01. The number of carbonyl (C=O) groups excluding carboxylic acids is 1. The van der Waals surface area contributed by atoms with Crippen molar-refractivity contribution in [2.45, 2.75) is 13.3 Å². The Morgan fingerprint density at radius 1 is 1.35 bits per heavy atom. The zero-order valence-corrected chi connectivity index (χ0v) is 10.2. The summed E-state index contributed by atoms with van der Waals surface area (Å²) in [6, 6.07) is 8.31. The first kappa shape index (κ1) is 11.8. The molecule has 0 aliphatic rings. The van der Waals surface area contributed by atoms with Crippen LogP contribution in [-0.2, 0) is 6.42 Å². The fraction of sp³-hybridized carbons (Fsp3) is 0.154. The van der Waals surface area contributed by atoms with Crippen molar-refractivity contribution < 1.29 is 9.18 Å². The van der Waals surface area contributed by atoms with Gasteiger partial charge in [0.05, 0.1) is 4.88 Å². The maximum atomic E-state index is 12.7. The predicted octanol–water partition coefficient (Wildman–Crippen LogP) is 2.89. The molecule has 0 unspecified atom stereocenters. The minimum Gasteiger partial charge on any atom is -0.365 e. The van der Waals surface area contributed by atoms with Crippen LogP contribution in [0.25, 0.3) is 0 Å². The third-order valence-corrected chi connectivity index (χ3v) is 3.74. The Bertz CT molecular complexity index is 545. The summed E-state index contributed by atoms with van der Waals surface area (Å²) in [4.78, 5) is 12.8. The molecule has 2 aromatic rings. The summed E-state index contributed by atoms with van der Waals surface area (Å²) in [5, 5.41) is 0. The van der Waals surface area contributed by atoms with Crippen molar-refractivity contribution in [3.63, 3.8) is 0 Å². The third-order valence-electron chi connectivity index (χ3n) is 2.48. The second-order valence-electron chi connectivity index (χ2n) is 3.89. The molecule has 88 valence electrons. The van der Waals surface area contributed by atoms with Gasteiger partial charge in [-0.25, -0.2) is 4.39 Å². The van der Waals surface area contributed by atoms with Crippen LogP contribution in [0.15, 0.2) is 30.3 Å². The average molecular weight is 249 g/mol. The van der Waals surface area contributed by atoms with Crippen LogP contribution >= 0.6 is 11.3 Å². The molecule has 0 fully saturated rings. The number of hydrogen-bond acceptors (Lipinski definition) is 2. The normalized spacial score (nSPS) is 10.5. The maximum absolute atomic E-state index is 12.7. The SMILES string of the molecule is Cc1cc(Cc2ccc(F)cc2)sc1C(N)=O. The fourth-order valence-corrected chi connectivity index (χ4v) is 2.74. The van der Waals surface area contributed by atoms with E-state index in [0.717, 1.165) is 16.0 Å². The lowest BCUT2D eigenvalue weighted by molar-refractivity contribution is 0.100. The number of thiophene rings is 1. The Morgan fingerprint density at radius 2 is 2.00 bits per heavy atom. The minimum absolute atomic E-state index is 0.242. The van der Waals surface area contributed by atoms with Crippen molar-refractivity contribution in [2.24, 2.45) is 5.73 Å². The molecule has 0 bridgehead atoms. The van der Waals surface area contributed by atoms with Gasteiger partial charge in [-0.2, -0.15) is 0 Å². The quantitative estimate of drug-likeness (QED) is 0.893. The summed E-state index contributed by atoms with van der Waals surface area (Å²) in [5.74, 6) is -0.633. The zero-order valence-electron chi connectivity index (χ0n) is 9.37. The predicted molar refractivity (Wildman–Crippen MR) is 66.8 cm³/mol. The van der Waals surface area contributed by atoms with Gasteiger partial charge in [-0.15, -0.1) is 11.3 Å². The molecule has 0 saturated heterocycles. The van der Waals surface area contributed by atoms with E-state index in [1.165, 1.54) is 23.5 Å². The molecule has 2 nitrogen and oxygen atoms in total. The minimum atomic E-state index is -0.391. The van der Waals surface area contributed by atoms with E-state index < -0.39 is 5.91 Å². The Morgan fingerprint density at radius 3 is 2.53 bits per heavy atom. The first-order valence-electron chi connectivity index (χ1n) is 5.20. The third kappa shape index (κ3) is 2.71. The fourth-order valence-electron chi connectivity index (χ4n) is 1.68. The van der Waals surface area contributed by atoms with E-state index >= 15 is 0 Å². The van der Waals surface area contributed by atoms with Crippen LogP contribution < -0.4 is 5.73 Å². The van der Waals surface area contributed by atoms with Gasteiger partial charge in [0.1, 0.15) is 5.82 Å². The molecule has 0 saturated carbocycles. The number of aryl methyl sites for hydroxylation is 1. The molecular weight excluding hydrogens is 237 g/mol. The number of hydrogen-bond donors (Lipinski definition) is 1. The van der Waals surface area contributed by atoms with Crippen LogP contribution in [0.1, 0.15) is 25.7 Å². The van der Waals surface area contributed by atoms with Gasteiger partial charge < -0.3 is 5.73 Å². The average Bonchev–Trinajstić information content (AvgIpc) is 2.63. The van der Waals surface area contributed by atoms with Gasteiger partial charge in [0.15, 0.2) is 0 Å². The number of carbonyl (C=O) groups is 1. The van der Waals surface area contributed by atoms with Crippen LogP contribution in [-0.4, -0.2) is 5.91 Å². The molecule has 1 aromatic carbocycles. The Kier molecular flexibility index (Phi) is 3.24. The standard InChI is InChI=1S/C13H12FNOS/c1-8-6-11(17-12(8)13(15)16)7-9-2-4-10(14)5-3-9/h2-6H,7H2,1H3,(H2,15,16). The Labute approximate surface area is 103 Å². The molecule has 1 amide bonds. The lowest BCUT2D eigenvalue weighted by Gasteiger charge is -1.97. The summed E-state index contributed by atoms with van der Waals surface area (Å²) in [7, 11) is 0. The van der Waals surface area contributed by atoms with Crippen molar-refractivity contribution in [2.75, 3.05) is 0 Å². The van der Waals surface area contributed by atoms with Crippen LogP contribution in [0.4, 0.5) is 4.39 Å². The maximum Gasteiger partial charge on any atom is 0.259 e. The smallest absolute Gasteiger partial charge is 0.259 e. The molecule has 0 aliphatic heterocycles. The molecule has 1 aromatic heterocycles. The van der Waals surface area contributed by atoms with Gasteiger partial charge in [0, 0.05) is 11.3 Å². The lowest BCUT2D eigenvalue weighted by Crippen LogP contribution is -2.09.